The van der Waals surface area contributed by atoms with E-state index in [1.165, 1.54) is 6.07 Å². The van der Waals surface area contributed by atoms with Gasteiger partial charge in [-0.2, -0.15) is 0 Å². The molecule has 0 spiro atoms. The van der Waals surface area contributed by atoms with E-state index in [4.69, 9.17) is 16.3 Å². The first-order valence-electron chi connectivity index (χ1n) is 11.0. The van der Waals surface area contributed by atoms with E-state index < -0.39 is 4.92 Å². The van der Waals surface area contributed by atoms with Gasteiger partial charge in [-0.1, -0.05) is 42.3 Å². The molecule has 0 saturated carbocycles. The Morgan fingerprint density at radius 2 is 2.09 bits per heavy atom. The lowest BCUT2D eigenvalue weighted by Crippen LogP contribution is -2.39. The lowest BCUT2D eigenvalue weighted by atomic mass is 9.85. The second-order valence-electron chi connectivity index (χ2n) is 9.03. The van der Waals surface area contributed by atoms with Gasteiger partial charge in [0, 0.05) is 46.6 Å². The van der Waals surface area contributed by atoms with E-state index in [2.05, 4.69) is 42.0 Å². The molecule has 1 atom stereocenters. The molecule has 2 heterocycles. The van der Waals surface area contributed by atoms with E-state index in [9.17, 15) is 10.1 Å². The fourth-order valence-corrected chi connectivity index (χ4v) is 4.81. The molecule has 7 nitrogen and oxygen atoms in total. The molecule has 3 rings (SSSR count). The van der Waals surface area contributed by atoms with Crippen LogP contribution in [0.5, 0.6) is 5.75 Å². The SMILES string of the molecule is C=CCOc1cc(Cl)ccc1C(NSC(C)(C)C)C1CCN(c2cccc([N+](=O)[O-])n2)CC1. The van der Waals surface area contributed by atoms with Crippen LogP contribution in [-0.4, -0.2) is 34.4 Å². The average molecular weight is 491 g/mol. The number of benzene rings is 1. The van der Waals surface area contributed by atoms with Crippen LogP contribution in [0, 0.1) is 16.0 Å². The molecule has 0 aliphatic carbocycles. The first-order valence-corrected chi connectivity index (χ1v) is 12.2. The van der Waals surface area contributed by atoms with Crippen molar-refractivity contribution in [2.75, 3.05) is 24.6 Å². The first-order chi connectivity index (χ1) is 15.7. The van der Waals surface area contributed by atoms with Crippen molar-refractivity contribution in [1.82, 2.24) is 9.71 Å². The van der Waals surface area contributed by atoms with Gasteiger partial charge in [0.25, 0.3) is 0 Å². The van der Waals surface area contributed by atoms with Crippen molar-refractivity contribution in [3.63, 3.8) is 0 Å². The number of ether oxygens (including phenoxy) is 1. The number of hydrogen-bond acceptors (Lipinski definition) is 7. The number of nitrogens with zero attached hydrogens (tertiary/aromatic N) is 3. The molecule has 178 valence electrons. The molecule has 1 N–H and O–H groups in total. The monoisotopic (exact) mass is 490 g/mol. The normalized spacial score (nSPS) is 15.8. The van der Waals surface area contributed by atoms with Crippen molar-refractivity contribution >= 4 is 35.2 Å². The molecule has 0 amide bonds. The second-order valence-corrected chi connectivity index (χ2v) is 11.1. The van der Waals surface area contributed by atoms with Crippen LogP contribution in [0.15, 0.2) is 49.1 Å². The summed E-state index contributed by atoms with van der Waals surface area (Å²) in [6.45, 7) is 12.2. The Morgan fingerprint density at radius 1 is 1.36 bits per heavy atom. The number of hydrogen-bond donors (Lipinski definition) is 1. The number of halogens is 1. The van der Waals surface area contributed by atoms with Crippen molar-refractivity contribution in [3.05, 3.63) is 69.8 Å². The smallest absolute Gasteiger partial charge is 0.365 e. The zero-order valence-corrected chi connectivity index (χ0v) is 20.9. The summed E-state index contributed by atoms with van der Waals surface area (Å²) in [7, 11) is 0. The summed E-state index contributed by atoms with van der Waals surface area (Å²) in [6, 6.07) is 10.8. The lowest BCUT2D eigenvalue weighted by Gasteiger charge is -2.37. The Balaban J connectivity index is 1.81. The highest BCUT2D eigenvalue weighted by molar-refractivity contribution is 7.98. The molecule has 1 saturated heterocycles. The van der Waals surface area contributed by atoms with Gasteiger partial charge in [0.1, 0.15) is 12.4 Å². The fraction of sp³-hybridized carbons (Fsp3) is 0.458. The topological polar surface area (TPSA) is 80.5 Å². The molecule has 1 aliphatic rings. The predicted octanol–water partition coefficient (Wildman–Crippen LogP) is 6.20. The van der Waals surface area contributed by atoms with Gasteiger partial charge in [-0.25, -0.2) is 0 Å². The number of anilines is 1. The number of aromatic nitrogens is 1. The Labute approximate surface area is 204 Å². The molecule has 9 heteroatoms. The van der Waals surface area contributed by atoms with Crippen molar-refractivity contribution in [2.45, 2.75) is 44.4 Å². The molecule has 33 heavy (non-hydrogen) atoms. The average Bonchev–Trinajstić information content (AvgIpc) is 2.78. The lowest BCUT2D eigenvalue weighted by molar-refractivity contribution is -0.389. The van der Waals surface area contributed by atoms with Crippen LogP contribution < -0.4 is 14.4 Å². The number of nitro groups is 1. The van der Waals surface area contributed by atoms with Gasteiger partial charge in [0.2, 0.25) is 5.82 Å². The van der Waals surface area contributed by atoms with E-state index in [1.807, 2.05) is 24.3 Å². The number of piperidine rings is 1. The van der Waals surface area contributed by atoms with Crippen molar-refractivity contribution in [3.8, 4) is 5.75 Å². The third-order valence-corrected chi connectivity index (χ3v) is 6.62. The van der Waals surface area contributed by atoms with Gasteiger partial charge < -0.3 is 19.8 Å². The maximum absolute atomic E-state index is 11.1. The number of pyridine rings is 1. The minimum absolute atomic E-state index is 0.0421. The molecule has 1 aromatic heterocycles. The summed E-state index contributed by atoms with van der Waals surface area (Å²) in [5.74, 6) is 1.64. The summed E-state index contributed by atoms with van der Waals surface area (Å²) < 4.78 is 9.71. The highest BCUT2D eigenvalue weighted by Gasteiger charge is 2.32. The van der Waals surface area contributed by atoms with Crippen molar-refractivity contribution in [1.29, 1.82) is 0 Å². The highest BCUT2D eigenvalue weighted by atomic mass is 35.5. The van der Waals surface area contributed by atoms with Gasteiger partial charge in [0.05, 0.1) is 0 Å². The van der Waals surface area contributed by atoms with Crippen LogP contribution in [0.4, 0.5) is 11.6 Å². The van der Waals surface area contributed by atoms with E-state index in [1.54, 1.807) is 24.1 Å². The van der Waals surface area contributed by atoms with Gasteiger partial charge in [0.15, 0.2) is 0 Å². The van der Waals surface area contributed by atoms with E-state index in [-0.39, 0.29) is 16.6 Å². The quantitative estimate of drug-likeness (QED) is 0.194. The molecular formula is C24H31ClN4O3S. The van der Waals surface area contributed by atoms with Crippen LogP contribution in [0.25, 0.3) is 0 Å². The fourth-order valence-electron chi connectivity index (χ4n) is 3.84. The van der Waals surface area contributed by atoms with E-state index in [0.717, 1.165) is 37.2 Å². The molecule has 1 unspecified atom stereocenters. The maximum atomic E-state index is 11.1. The Kier molecular flexibility index (Phi) is 8.62. The Hall–Kier alpha value is -2.29. The molecule has 0 bridgehead atoms. The zero-order chi connectivity index (χ0) is 24.0. The molecule has 1 aliphatic heterocycles. The molecule has 2 aromatic rings. The summed E-state index contributed by atoms with van der Waals surface area (Å²) in [5, 5.41) is 11.7. The third kappa shape index (κ3) is 7.09. The maximum Gasteiger partial charge on any atom is 0.365 e. The van der Waals surface area contributed by atoms with Crippen molar-refractivity contribution in [2.24, 2.45) is 5.92 Å². The van der Waals surface area contributed by atoms with Gasteiger partial charge in [-0.05, 0) is 67.6 Å². The van der Waals surface area contributed by atoms with Gasteiger partial charge in [-0.15, -0.1) is 0 Å². The summed E-state index contributed by atoms with van der Waals surface area (Å²) in [5.41, 5.74) is 1.07. The zero-order valence-electron chi connectivity index (χ0n) is 19.3. The third-order valence-electron chi connectivity index (χ3n) is 5.40. The van der Waals surface area contributed by atoms with Crippen molar-refractivity contribution < 1.29 is 9.66 Å². The first kappa shape index (κ1) is 25.3. The minimum atomic E-state index is -0.453. The predicted molar refractivity (Wildman–Crippen MR) is 136 cm³/mol. The number of rotatable bonds is 9. The van der Waals surface area contributed by atoms with Gasteiger partial charge >= 0.3 is 5.82 Å². The molecule has 1 aromatic carbocycles. The largest absolute Gasteiger partial charge is 0.489 e. The van der Waals surface area contributed by atoms with Crippen LogP contribution in [0.1, 0.15) is 45.2 Å². The summed E-state index contributed by atoms with van der Waals surface area (Å²) in [6.07, 6.45) is 3.55. The van der Waals surface area contributed by atoms with E-state index >= 15 is 0 Å². The standard InChI is InChI=1S/C24H31ClN4O3S/c1-5-15-32-20-16-18(25)9-10-19(20)23(27-33-24(2,3)4)17-11-13-28(14-12-17)21-7-6-8-22(26-21)29(30)31/h5-10,16-17,23,27H,1,11-15H2,2-4H3. The molecule has 1 fully saturated rings. The number of nitrogens with one attached hydrogen (secondary N) is 1. The minimum Gasteiger partial charge on any atom is -0.489 e. The van der Waals surface area contributed by atoms with Crippen LogP contribution in [-0.2, 0) is 0 Å². The highest BCUT2D eigenvalue weighted by Crippen LogP contribution is 2.40. The summed E-state index contributed by atoms with van der Waals surface area (Å²) in [4.78, 5) is 17.0. The van der Waals surface area contributed by atoms with Crippen LogP contribution in [0.3, 0.4) is 0 Å². The van der Waals surface area contributed by atoms with E-state index in [0.29, 0.717) is 23.4 Å². The Bertz CT molecular complexity index is 974. The Morgan fingerprint density at radius 3 is 2.73 bits per heavy atom. The van der Waals surface area contributed by atoms with Crippen LogP contribution in [0.2, 0.25) is 5.02 Å². The van der Waals surface area contributed by atoms with Gasteiger partial charge in [-0.3, -0.25) is 4.72 Å². The van der Waals surface area contributed by atoms with Crippen LogP contribution >= 0.6 is 23.5 Å². The molecule has 0 radical (unpaired) electrons. The summed E-state index contributed by atoms with van der Waals surface area (Å²) >= 11 is 7.97. The second kappa shape index (κ2) is 11.2. The molecular weight excluding hydrogens is 460 g/mol.